The van der Waals surface area contributed by atoms with E-state index < -0.39 is 64.3 Å². The number of benzene rings is 9. The third-order valence-electron chi connectivity index (χ3n) is 13.9. The molecule has 9 aromatic carbocycles. The molecule has 80 heavy (non-hydrogen) atoms. The Kier molecular flexibility index (Phi) is 12.2. The van der Waals surface area contributed by atoms with Crippen LogP contribution in [0.5, 0.6) is 0 Å². The van der Waals surface area contributed by atoms with Gasteiger partial charge in [-0.25, -0.2) is 0 Å². The molecule has 2 aromatic heterocycles. The molecule has 0 N–H and O–H groups in total. The van der Waals surface area contributed by atoms with Crippen LogP contribution >= 0.6 is 0 Å². The lowest BCUT2D eigenvalue weighted by Gasteiger charge is -2.20. The molecule has 4 nitrogen and oxygen atoms in total. The Balaban J connectivity index is 1.19. The molecule has 2 heterocycles. The summed E-state index contributed by atoms with van der Waals surface area (Å²) in [6.07, 6.45) is -25.4. The monoisotopic (exact) mass is 1100 g/mol. The summed E-state index contributed by atoms with van der Waals surface area (Å²) in [6.45, 7) is 0. The zero-order valence-electron chi connectivity index (χ0n) is 40.2. The first kappa shape index (κ1) is 52.6. The summed E-state index contributed by atoms with van der Waals surface area (Å²) in [6, 6.07) is 40.4. The van der Waals surface area contributed by atoms with Gasteiger partial charge in [-0.3, -0.25) is 0 Å². The normalized spacial score (nSPS) is 12.7. The van der Waals surface area contributed by atoms with E-state index in [1.165, 1.54) is 48.5 Å². The number of aromatic nitrogens is 2. The lowest BCUT2D eigenvalue weighted by Crippen LogP contribution is -2.11. The minimum absolute atomic E-state index is 0.00309. The maximum atomic E-state index is 14.1. The molecule has 11 rings (SSSR count). The Labute approximate surface area is 441 Å². The highest BCUT2D eigenvalue weighted by Gasteiger charge is 2.39. The van der Waals surface area contributed by atoms with Crippen LogP contribution in [0.3, 0.4) is 0 Å². The fourth-order valence-electron chi connectivity index (χ4n) is 10.3. The minimum atomic E-state index is -5.14. The molecule has 0 unspecified atom stereocenters. The molecule has 0 aliphatic carbocycles. The first-order valence-electron chi connectivity index (χ1n) is 23.7. The highest BCUT2D eigenvalue weighted by molar-refractivity contribution is 6.13. The third kappa shape index (κ3) is 9.27. The van der Waals surface area contributed by atoms with Gasteiger partial charge in [0.2, 0.25) is 0 Å². The summed E-state index contributed by atoms with van der Waals surface area (Å²) in [4.78, 5) is 0. The zero-order chi connectivity index (χ0) is 57.0. The fraction of sp³-hybridized carbons (Fsp3) is 0.0820. The standard InChI is InChI=1S/C61H29F15N4/c62-57(63,64)39-13-15-44(38(24-39)31-78)35-12-18-54(79-51-7-3-1-5-45(51)48-25-33(10-16-53(48)79)36-20-40(58(65,66)67)28-41(21-36)59(68,69)70)50(27-35)47-14-9-32(30-77)19-56(47)80-52-8-4-2-6-46(52)49-26-34(11-17-55(49)80)37-22-42(60(71,72)73)29-43(23-37)61(74,75)76/h1-29H. The molecule has 11 aromatic rings. The average Bonchev–Trinajstić information content (AvgIpc) is 3.99. The fourth-order valence-corrected chi connectivity index (χ4v) is 10.3. The molecule has 0 saturated heterocycles. The SMILES string of the molecule is N#Cc1ccc(-c2cc(-c3ccc(C(F)(F)F)cc3C#N)ccc2-n2c3ccccc3c3cc(-c4cc(C(F)(F)F)cc(C(F)(F)F)c4)ccc32)c(-n2c3ccccc3c3cc(-c4cc(C(F)(F)F)cc(C(F)(F)F)c4)ccc32)c1. The summed E-state index contributed by atoms with van der Waals surface area (Å²) in [5.74, 6) is 0. The number of fused-ring (bicyclic) bond motifs is 6. The number of nitrogens with zero attached hydrogens (tertiary/aromatic N) is 4. The zero-order valence-corrected chi connectivity index (χ0v) is 40.2. The van der Waals surface area contributed by atoms with Crippen LogP contribution in [-0.4, -0.2) is 9.13 Å². The van der Waals surface area contributed by atoms with E-state index in [4.69, 9.17) is 0 Å². The van der Waals surface area contributed by atoms with Gasteiger partial charge in [0.25, 0.3) is 0 Å². The van der Waals surface area contributed by atoms with E-state index in [-0.39, 0.29) is 62.3 Å². The molecular weight excluding hydrogens is 1070 g/mol. The van der Waals surface area contributed by atoms with Crippen molar-refractivity contribution in [2.45, 2.75) is 30.9 Å². The van der Waals surface area contributed by atoms with Crippen molar-refractivity contribution in [2.24, 2.45) is 0 Å². The van der Waals surface area contributed by atoms with Crippen molar-refractivity contribution in [3.63, 3.8) is 0 Å². The number of halogens is 15. The summed E-state index contributed by atoms with van der Waals surface area (Å²) >= 11 is 0. The van der Waals surface area contributed by atoms with Gasteiger partial charge in [0.15, 0.2) is 0 Å². The summed E-state index contributed by atoms with van der Waals surface area (Å²) in [5.41, 5.74) is -5.12. The van der Waals surface area contributed by atoms with Gasteiger partial charge < -0.3 is 9.13 Å². The predicted octanol–water partition coefficient (Wildman–Crippen LogP) is 19.4. The molecule has 0 fully saturated rings. The van der Waals surface area contributed by atoms with Gasteiger partial charge in [-0.15, -0.1) is 0 Å². The Bertz CT molecular complexity index is 4370. The van der Waals surface area contributed by atoms with Crippen LogP contribution in [0.4, 0.5) is 65.9 Å². The molecule has 0 atom stereocenters. The van der Waals surface area contributed by atoms with Gasteiger partial charge in [0.1, 0.15) is 0 Å². The molecule has 0 aliphatic heterocycles. The van der Waals surface area contributed by atoms with Crippen molar-refractivity contribution in [1.29, 1.82) is 10.5 Å². The first-order valence-corrected chi connectivity index (χ1v) is 23.7. The number of para-hydroxylation sites is 2. The molecular formula is C61H29F15N4. The molecule has 0 aliphatic rings. The summed E-state index contributed by atoms with van der Waals surface area (Å²) in [5, 5.41) is 22.4. The smallest absolute Gasteiger partial charge is 0.309 e. The molecule has 0 radical (unpaired) electrons. The van der Waals surface area contributed by atoms with E-state index in [1.807, 2.05) is 6.07 Å². The van der Waals surface area contributed by atoms with E-state index in [0.717, 1.165) is 12.1 Å². The second kappa shape index (κ2) is 18.6. The van der Waals surface area contributed by atoms with Crippen molar-refractivity contribution < 1.29 is 65.9 Å². The van der Waals surface area contributed by atoms with E-state index >= 15 is 0 Å². The van der Waals surface area contributed by atoms with Gasteiger partial charge in [-0.05, 0) is 143 Å². The molecule has 0 spiro atoms. The third-order valence-corrected chi connectivity index (χ3v) is 13.9. The highest BCUT2D eigenvalue weighted by Crippen LogP contribution is 2.47. The predicted molar refractivity (Wildman–Crippen MR) is 271 cm³/mol. The van der Waals surface area contributed by atoms with Crippen LogP contribution in [0.1, 0.15) is 38.9 Å². The number of hydrogen-bond acceptors (Lipinski definition) is 2. The van der Waals surface area contributed by atoms with Gasteiger partial charge in [0, 0.05) is 32.7 Å². The molecule has 19 heteroatoms. The van der Waals surface area contributed by atoms with Crippen molar-refractivity contribution >= 4 is 43.6 Å². The molecule has 0 saturated carbocycles. The Morgan fingerprint density at radius 2 is 0.713 bits per heavy atom. The van der Waals surface area contributed by atoms with Crippen LogP contribution < -0.4 is 0 Å². The van der Waals surface area contributed by atoms with E-state index in [9.17, 15) is 76.4 Å². The van der Waals surface area contributed by atoms with Gasteiger partial charge in [-0.2, -0.15) is 76.4 Å². The number of alkyl halides is 15. The van der Waals surface area contributed by atoms with E-state index in [1.54, 1.807) is 81.9 Å². The average molecular weight is 1100 g/mol. The topological polar surface area (TPSA) is 57.4 Å². The van der Waals surface area contributed by atoms with Crippen LogP contribution in [0.25, 0.3) is 99.5 Å². The Morgan fingerprint density at radius 1 is 0.287 bits per heavy atom. The molecule has 0 bridgehead atoms. The summed E-state index contributed by atoms with van der Waals surface area (Å²) in [7, 11) is 0. The van der Waals surface area contributed by atoms with E-state index in [2.05, 4.69) is 6.07 Å². The van der Waals surface area contributed by atoms with Crippen LogP contribution in [-0.2, 0) is 30.9 Å². The quantitative estimate of drug-likeness (QED) is 0.156. The number of hydrogen-bond donors (Lipinski definition) is 0. The largest absolute Gasteiger partial charge is 0.416 e. The van der Waals surface area contributed by atoms with Gasteiger partial charge >= 0.3 is 30.9 Å². The summed E-state index contributed by atoms with van der Waals surface area (Å²) < 4.78 is 215. The Hall–Kier alpha value is -9.49. The lowest BCUT2D eigenvalue weighted by molar-refractivity contribution is -0.144. The van der Waals surface area contributed by atoms with Crippen LogP contribution in [0.15, 0.2) is 176 Å². The lowest BCUT2D eigenvalue weighted by atomic mass is 9.92. The van der Waals surface area contributed by atoms with Gasteiger partial charge in [-0.1, -0.05) is 66.7 Å². The Morgan fingerprint density at radius 3 is 1.16 bits per heavy atom. The van der Waals surface area contributed by atoms with Crippen molar-refractivity contribution in [3.8, 4) is 68.0 Å². The first-order chi connectivity index (χ1) is 37.7. The van der Waals surface area contributed by atoms with Crippen molar-refractivity contribution in [3.05, 3.63) is 215 Å². The second-order valence-corrected chi connectivity index (χ2v) is 18.7. The van der Waals surface area contributed by atoms with Crippen LogP contribution in [0.2, 0.25) is 0 Å². The maximum Gasteiger partial charge on any atom is 0.416 e. The number of rotatable bonds is 6. The van der Waals surface area contributed by atoms with Crippen LogP contribution in [0, 0.1) is 22.7 Å². The number of nitriles is 2. The minimum Gasteiger partial charge on any atom is -0.309 e. The van der Waals surface area contributed by atoms with Crippen molar-refractivity contribution in [1.82, 2.24) is 9.13 Å². The van der Waals surface area contributed by atoms with Gasteiger partial charge in [0.05, 0.1) is 84.5 Å². The van der Waals surface area contributed by atoms with E-state index in [0.29, 0.717) is 85.2 Å². The maximum absolute atomic E-state index is 14.1. The second-order valence-electron chi connectivity index (χ2n) is 18.7. The molecule has 398 valence electrons. The molecule has 0 amide bonds. The highest BCUT2D eigenvalue weighted by atomic mass is 19.4. The van der Waals surface area contributed by atoms with Crippen molar-refractivity contribution in [2.75, 3.05) is 0 Å².